The predicted octanol–water partition coefficient (Wildman–Crippen LogP) is 2.47. The molecule has 10 nitrogen and oxygen atoms in total. The molecule has 0 aliphatic carbocycles. The van der Waals surface area contributed by atoms with Gasteiger partial charge in [0.25, 0.3) is 0 Å². The van der Waals surface area contributed by atoms with Gasteiger partial charge in [0.2, 0.25) is 23.3 Å². The first kappa shape index (κ1) is 12.8. The number of fused-ring (bicyclic) bond motifs is 3. The van der Waals surface area contributed by atoms with Crippen LogP contribution in [-0.4, -0.2) is 31.8 Å². The minimum Gasteiger partial charge on any atom is -0.358 e. The van der Waals surface area contributed by atoms with Crippen LogP contribution in [0, 0.1) is 6.92 Å². The second-order valence-corrected chi connectivity index (χ2v) is 5.26. The van der Waals surface area contributed by atoms with E-state index in [-0.39, 0.29) is 0 Å². The smallest absolute Gasteiger partial charge is 0.244 e. The molecular weight excluding hydrogens is 312 g/mol. The SMILES string of the molecule is Cc1[nH]c2ccccc2c1C=NN1c2nonc2Nc2nonc21. The van der Waals surface area contributed by atoms with Crippen LogP contribution in [0.5, 0.6) is 0 Å². The Morgan fingerprint density at radius 2 is 1.75 bits per heavy atom. The summed E-state index contributed by atoms with van der Waals surface area (Å²) in [6.07, 6.45) is 1.73. The molecule has 118 valence electrons. The van der Waals surface area contributed by atoms with Crippen molar-refractivity contribution in [2.24, 2.45) is 5.10 Å². The molecule has 5 rings (SSSR count). The summed E-state index contributed by atoms with van der Waals surface area (Å²) in [4.78, 5) is 3.33. The maximum absolute atomic E-state index is 4.76. The van der Waals surface area contributed by atoms with E-state index in [2.05, 4.69) is 36.0 Å². The van der Waals surface area contributed by atoms with E-state index < -0.39 is 0 Å². The third-order valence-electron chi connectivity index (χ3n) is 3.83. The van der Waals surface area contributed by atoms with Gasteiger partial charge in [-0.1, -0.05) is 18.2 Å². The number of benzene rings is 1. The van der Waals surface area contributed by atoms with Crippen molar-refractivity contribution in [2.45, 2.75) is 6.92 Å². The zero-order valence-electron chi connectivity index (χ0n) is 12.4. The molecule has 0 saturated carbocycles. The summed E-state index contributed by atoms with van der Waals surface area (Å²) in [5.41, 5.74) is 3.02. The van der Waals surface area contributed by atoms with Gasteiger partial charge in [-0.2, -0.15) is 10.1 Å². The van der Waals surface area contributed by atoms with Gasteiger partial charge in [-0.25, -0.2) is 9.26 Å². The van der Waals surface area contributed by atoms with Gasteiger partial charge in [-0.15, -0.1) is 0 Å². The summed E-state index contributed by atoms with van der Waals surface area (Å²) in [5.74, 6) is 1.55. The Kier molecular flexibility index (Phi) is 2.48. The molecule has 24 heavy (non-hydrogen) atoms. The van der Waals surface area contributed by atoms with Gasteiger partial charge in [0, 0.05) is 22.2 Å². The number of nitrogens with one attached hydrogen (secondary N) is 2. The van der Waals surface area contributed by atoms with Gasteiger partial charge in [-0.05, 0) is 33.6 Å². The fourth-order valence-corrected chi connectivity index (χ4v) is 2.71. The lowest BCUT2D eigenvalue weighted by Crippen LogP contribution is -2.17. The number of aromatic nitrogens is 5. The fourth-order valence-electron chi connectivity index (χ4n) is 2.71. The van der Waals surface area contributed by atoms with Crippen LogP contribution in [0.2, 0.25) is 0 Å². The minimum atomic E-state index is 0.381. The summed E-state index contributed by atoms with van der Waals surface area (Å²) >= 11 is 0. The number of rotatable bonds is 2. The molecular formula is C14H10N8O2. The van der Waals surface area contributed by atoms with Crippen LogP contribution in [0.15, 0.2) is 38.6 Å². The lowest BCUT2D eigenvalue weighted by atomic mass is 10.1. The Balaban J connectivity index is 1.62. The molecule has 4 aromatic rings. The first-order chi connectivity index (χ1) is 11.8. The van der Waals surface area contributed by atoms with Crippen molar-refractivity contribution in [3.05, 3.63) is 35.5 Å². The van der Waals surface area contributed by atoms with Crippen LogP contribution < -0.4 is 10.3 Å². The number of aryl methyl sites for hydroxylation is 1. The number of para-hydroxylation sites is 1. The highest BCUT2D eigenvalue weighted by molar-refractivity contribution is 6.01. The van der Waals surface area contributed by atoms with Crippen LogP contribution in [0.1, 0.15) is 11.3 Å². The molecule has 0 fully saturated rings. The molecule has 3 aromatic heterocycles. The van der Waals surface area contributed by atoms with Crippen molar-refractivity contribution in [3.8, 4) is 0 Å². The second kappa shape index (κ2) is 4.65. The number of aromatic amines is 1. The second-order valence-electron chi connectivity index (χ2n) is 5.26. The Morgan fingerprint density at radius 3 is 2.50 bits per heavy atom. The van der Waals surface area contributed by atoms with Crippen molar-refractivity contribution in [3.63, 3.8) is 0 Å². The first-order valence-corrected chi connectivity index (χ1v) is 7.15. The summed E-state index contributed by atoms with van der Waals surface area (Å²) in [5, 5.41) is 25.2. The normalized spacial score (nSPS) is 13.3. The van der Waals surface area contributed by atoms with E-state index in [1.165, 1.54) is 5.01 Å². The van der Waals surface area contributed by atoms with Crippen LogP contribution >= 0.6 is 0 Å². The zero-order valence-corrected chi connectivity index (χ0v) is 12.4. The number of hydrogen-bond acceptors (Lipinski definition) is 9. The fraction of sp³-hybridized carbons (Fsp3) is 0.0714. The highest BCUT2D eigenvalue weighted by Gasteiger charge is 2.31. The van der Waals surface area contributed by atoms with E-state index in [0.29, 0.717) is 23.3 Å². The third kappa shape index (κ3) is 1.73. The highest BCUT2D eigenvalue weighted by atomic mass is 16.6. The molecule has 1 aliphatic heterocycles. The number of hydrogen-bond donors (Lipinski definition) is 2. The van der Waals surface area contributed by atoms with Crippen LogP contribution in [-0.2, 0) is 0 Å². The van der Waals surface area contributed by atoms with Gasteiger partial charge in [-0.3, -0.25) is 0 Å². The Hall–Kier alpha value is -3.69. The van der Waals surface area contributed by atoms with E-state index in [9.17, 15) is 0 Å². The molecule has 1 aromatic carbocycles. The standard InChI is InChI=1S/C14H10N8O2/c1-7-9(8-4-2-3-5-10(8)16-7)6-15-22-13-11(18-23-20-13)17-12-14(22)21-24-19-12/h2-6,16H,1H3,(H,17,18,19). The molecule has 2 N–H and O–H groups in total. The van der Waals surface area contributed by atoms with E-state index in [0.717, 1.165) is 22.2 Å². The lowest BCUT2D eigenvalue weighted by molar-refractivity contribution is 0.304. The maximum atomic E-state index is 4.76. The molecule has 4 heterocycles. The average molecular weight is 322 g/mol. The van der Waals surface area contributed by atoms with Gasteiger partial charge >= 0.3 is 0 Å². The predicted molar refractivity (Wildman–Crippen MR) is 84.6 cm³/mol. The quantitative estimate of drug-likeness (QED) is 0.540. The van der Waals surface area contributed by atoms with E-state index in [1.54, 1.807) is 6.21 Å². The summed E-state index contributed by atoms with van der Waals surface area (Å²) in [7, 11) is 0. The molecule has 0 unspecified atom stereocenters. The molecule has 1 aliphatic rings. The maximum Gasteiger partial charge on any atom is 0.244 e. The molecule has 10 heteroatoms. The van der Waals surface area contributed by atoms with Crippen LogP contribution in [0.4, 0.5) is 23.3 Å². The molecule has 0 atom stereocenters. The average Bonchev–Trinajstić information content (AvgIpc) is 3.29. The Labute approximate surface area is 134 Å². The third-order valence-corrected chi connectivity index (χ3v) is 3.83. The van der Waals surface area contributed by atoms with Crippen LogP contribution in [0.25, 0.3) is 10.9 Å². The largest absolute Gasteiger partial charge is 0.358 e. The molecule has 0 saturated heterocycles. The Morgan fingerprint density at radius 1 is 1.04 bits per heavy atom. The van der Waals surface area contributed by atoms with Crippen molar-refractivity contribution in [2.75, 3.05) is 10.3 Å². The van der Waals surface area contributed by atoms with E-state index >= 15 is 0 Å². The topological polar surface area (TPSA) is 121 Å². The van der Waals surface area contributed by atoms with Gasteiger partial charge in [0.15, 0.2) is 0 Å². The zero-order chi connectivity index (χ0) is 16.1. The summed E-state index contributed by atoms with van der Waals surface area (Å²) in [6.45, 7) is 1.99. The molecule has 0 radical (unpaired) electrons. The van der Waals surface area contributed by atoms with Crippen LogP contribution in [0.3, 0.4) is 0 Å². The molecule has 0 spiro atoms. The summed E-state index contributed by atoms with van der Waals surface area (Å²) in [6, 6.07) is 8.02. The van der Waals surface area contributed by atoms with Crippen molar-refractivity contribution in [1.29, 1.82) is 0 Å². The number of anilines is 4. The number of nitrogens with zero attached hydrogens (tertiary/aromatic N) is 6. The highest BCUT2D eigenvalue weighted by Crippen LogP contribution is 2.39. The summed E-state index contributed by atoms with van der Waals surface area (Å²) < 4.78 is 9.52. The van der Waals surface area contributed by atoms with Crippen molar-refractivity contribution >= 4 is 40.4 Å². The van der Waals surface area contributed by atoms with E-state index in [1.807, 2.05) is 31.2 Å². The van der Waals surface area contributed by atoms with Gasteiger partial charge in [0.05, 0.1) is 6.21 Å². The molecule has 0 bridgehead atoms. The lowest BCUT2D eigenvalue weighted by Gasteiger charge is -2.17. The van der Waals surface area contributed by atoms with Gasteiger partial charge < -0.3 is 10.3 Å². The first-order valence-electron chi connectivity index (χ1n) is 7.15. The van der Waals surface area contributed by atoms with Crippen molar-refractivity contribution < 1.29 is 9.26 Å². The molecule has 0 amide bonds. The number of H-pyrrole nitrogens is 1. The van der Waals surface area contributed by atoms with Gasteiger partial charge in [0.1, 0.15) is 0 Å². The monoisotopic (exact) mass is 322 g/mol. The number of hydrazone groups is 1. The Bertz CT molecular complexity index is 1040. The van der Waals surface area contributed by atoms with Crippen molar-refractivity contribution in [1.82, 2.24) is 25.6 Å². The van der Waals surface area contributed by atoms with E-state index in [4.69, 9.17) is 9.26 Å². The minimum absolute atomic E-state index is 0.381.